The number of halogens is 2. The average molecular weight is 357 g/mol. The van der Waals surface area contributed by atoms with Crippen LogP contribution >= 0.6 is 34.5 Å². The zero-order chi connectivity index (χ0) is 16.0. The van der Waals surface area contributed by atoms with Gasteiger partial charge in [0.2, 0.25) is 0 Å². The highest BCUT2D eigenvalue weighted by Gasteiger charge is 2.19. The summed E-state index contributed by atoms with van der Waals surface area (Å²) in [4.78, 5) is 34.9. The lowest BCUT2D eigenvalue weighted by atomic mass is 10.1. The van der Waals surface area contributed by atoms with Gasteiger partial charge in [0.1, 0.15) is 10.2 Å². The van der Waals surface area contributed by atoms with Gasteiger partial charge in [0.05, 0.1) is 21.6 Å². The fraction of sp³-hybridized carbons (Fsp3) is 0.231. The number of fused-ring (bicyclic) bond motifs is 1. The van der Waals surface area contributed by atoms with E-state index in [0.717, 1.165) is 5.69 Å². The van der Waals surface area contributed by atoms with Crippen molar-refractivity contribution in [3.05, 3.63) is 48.3 Å². The highest BCUT2D eigenvalue weighted by molar-refractivity contribution is 7.12. The molecule has 0 aliphatic carbocycles. The summed E-state index contributed by atoms with van der Waals surface area (Å²) in [6.07, 6.45) is 0. The average Bonchev–Trinajstić information content (AvgIpc) is 2.90. The molecule has 0 saturated heterocycles. The third-order valence-electron chi connectivity index (χ3n) is 3.12. The van der Waals surface area contributed by atoms with Gasteiger partial charge in [-0.15, -0.1) is 11.3 Å². The normalized spacial score (nSPS) is 11.5. The largest absolute Gasteiger partial charge is 0.335 e. The van der Waals surface area contributed by atoms with Crippen LogP contribution in [0, 0.1) is 0 Å². The Morgan fingerprint density at radius 2 is 2.05 bits per heavy atom. The first kappa shape index (κ1) is 15.2. The van der Waals surface area contributed by atoms with Crippen LogP contribution in [0.15, 0.2) is 21.2 Å². The van der Waals surface area contributed by atoms with Crippen LogP contribution in [0.5, 0.6) is 0 Å². The Balaban J connectivity index is 2.49. The lowest BCUT2D eigenvalue weighted by Crippen LogP contribution is -2.30. The van der Waals surface area contributed by atoms with Gasteiger partial charge in [0, 0.05) is 0 Å². The maximum atomic E-state index is 12.3. The van der Waals surface area contributed by atoms with E-state index in [1.165, 1.54) is 22.0 Å². The van der Waals surface area contributed by atoms with Gasteiger partial charge in [-0.3, -0.25) is 9.78 Å². The molecule has 3 rings (SSSR count). The number of nitrogens with one attached hydrogen (secondary N) is 1. The van der Waals surface area contributed by atoms with Crippen molar-refractivity contribution in [2.75, 3.05) is 0 Å². The SMILES string of the molecule is CC(C)c1ncsc1-n1c(=O)[nH]c(=O)c2cc(Cl)c(Cl)nc21. The first-order valence-electron chi connectivity index (χ1n) is 6.35. The molecule has 0 aliphatic heterocycles. The van der Waals surface area contributed by atoms with E-state index in [4.69, 9.17) is 23.2 Å². The van der Waals surface area contributed by atoms with Crippen LogP contribution in [-0.4, -0.2) is 19.5 Å². The quantitative estimate of drug-likeness (QED) is 0.715. The molecule has 0 saturated carbocycles. The van der Waals surface area contributed by atoms with E-state index in [1.807, 2.05) is 13.8 Å². The van der Waals surface area contributed by atoms with Gasteiger partial charge in [-0.05, 0) is 12.0 Å². The minimum atomic E-state index is -0.588. The zero-order valence-corrected chi connectivity index (χ0v) is 13.9. The van der Waals surface area contributed by atoms with Crippen LogP contribution in [0.25, 0.3) is 16.0 Å². The molecule has 0 bridgehead atoms. The summed E-state index contributed by atoms with van der Waals surface area (Å²) in [6, 6.07) is 1.40. The van der Waals surface area contributed by atoms with E-state index in [0.29, 0.717) is 5.00 Å². The molecule has 22 heavy (non-hydrogen) atoms. The van der Waals surface area contributed by atoms with Crippen LogP contribution in [0.2, 0.25) is 10.2 Å². The fourth-order valence-corrected chi connectivity index (χ4v) is 3.35. The van der Waals surface area contributed by atoms with Crippen molar-refractivity contribution in [2.24, 2.45) is 0 Å². The number of H-pyrrole nitrogens is 1. The topological polar surface area (TPSA) is 80.6 Å². The molecular weight excluding hydrogens is 347 g/mol. The number of nitrogens with zero attached hydrogens (tertiary/aromatic N) is 3. The Morgan fingerprint density at radius 1 is 1.32 bits per heavy atom. The molecule has 0 aromatic carbocycles. The van der Waals surface area contributed by atoms with Crippen LogP contribution in [0.3, 0.4) is 0 Å². The predicted molar refractivity (Wildman–Crippen MR) is 87.7 cm³/mol. The van der Waals surface area contributed by atoms with E-state index in [1.54, 1.807) is 5.51 Å². The van der Waals surface area contributed by atoms with Crippen molar-refractivity contribution in [3.8, 4) is 5.00 Å². The summed E-state index contributed by atoms with van der Waals surface area (Å²) in [5.41, 5.74) is 1.40. The minimum absolute atomic E-state index is 0.0310. The molecule has 0 aliphatic rings. The number of pyridine rings is 1. The first-order valence-corrected chi connectivity index (χ1v) is 7.98. The van der Waals surface area contributed by atoms with Gasteiger partial charge >= 0.3 is 5.69 Å². The minimum Gasteiger partial charge on any atom is -0.273 e. The highest BCUT2D eigenvalue weighted by atomic mass is 35.5. The van der Waals surface area contributed by atoms with Gasteiger partial charge in [-0.1, -0.05) is 37.0 Å². The summed E-state index contributed by atoms with van der Waals surface area (Å²) in [6.45, 7) is 3.93. The maximum absolute atomic E-state index is 12.3. The Morgan fingerprint density at radius 3 is 2.73 bits per heavy atom. The van der Waals surface area contributed by atoms with Gasteiger partial charge in [0.15, 0.2) is 5.65 Å². The fourth-order valence-electron chi connectivity index (χ4n) is 2.11. The van der Waals surface area contributed by atoms with Crippen LogP contribution in [-0.2, 0) is 0 Å². The van der Waals surface area contributed by atoms with Crippen molar-refractivity contribution in [1.82, 2.24) is 19.5 Å². The smallest absolute Gasteiger partial charge is 0.273 e. The number of hydrogen-bond donors (Lipinski definition) is 1. The second-order valence-electron chi connectivity index (χ2n) is 4.92. The monoisotopic (exact) mass is 356 g/mol. The second kappa shape index (κ2) is 5.49. The molecular formula is C13H10Cl2N4O2S. The van der Waals surface area contributed by atoms with Gasteiger partial charge in [0.25, 0.3) is 5.56 Å². The van der Waals surface area contributed by atoms with E-state index in [-0.39, 0.29) is 27.1 Å². The molecule has 9 heteroatoms. The van der Waals surface area contributed by atoms with Gasteiger partial charge in [-0.2, -0.15) is 0 Å². The molecule has 3 aromatic heterocycles. The molecule has 0 spiro atoms. The Labute approximate surface area is 138 Å². The molecule has 3 heterocycles. The van der Waals surface area contributed by atoms with E-state index in [2.05, 4.69) is 15.0 Å². The number of hydrogen-bond acceptors (Lipinski definition) is 5. The van der Waals surface area contributed by atoms with Crippen LogP contribution in [0.4, 0.5) is 0 Å². The van der Waals surface area contributed by atoms with Crippen LogP contribution < -0.4 is 11.2 Å². The molecule has 3 aromatic rings. The molecule has 1 N–H and O–H groups in total. The molecule has 0 unspecified atom stereocenters. The van der Waals surface area contributed by atoms with E-state index in [9.17, 15) is 9.59 Å². The van der Waals surface area contributed by atoms with Crippen LogP contribution in [0.1, 0.15) is 25.5 Å². The standard InChI is InChI=1S/C13H10Cl2N4O2S/c1-5(2)8-12(22-4-16-8)19-10-6(11(20)18-13(19)21)3-7(14)9(15)17-10/h3-5H,1-2H3,(H,18,20,21). The van der Waals surface area contributed by atoms with Crippen molar-refractivity contribution in [2.45, 2.75) is 19.8 Å². The molecule has 114 valence electrons. The Bertz CT molecular complexity index is 990. The number of aromatic nitrogens is 4. The molecule has 0 radical (unpaired) electrons. The molecule has 6 nitrogen and oxygen atoms in total. The van der Waals surface area contributed by atoms with Crippen molar-refractivity contribution in [1.29, 1.82) is 0 Å². The third-order valence-corrected chi connectivity index (χ3v) is 4.62. The van der Waals surface area contributed by atoms with Gasteiger partial charge < -0.3 is 0 Å². The summed E-state index contributed by atoms with van der Waals surface area (Å²) in [7, 11) is 0. The summed E-state index contributed by atoms with van der Waals surface area (Å²) in [5, 5.41) is 0.978. The molecule has 0 fully saturated rings. The lowest BCUT2D eigenvalue weighted by molar-refractivity contribution is 0.809. The van der Waals surface area contributed by atoms with Crippen molar-refractivity contribution >= 4 is 45.6 Å². The van der Waals surface area contributed by atoms with E-state index < -0.39 is 11.2 Å². The zero-order valence-electron chi connectivity index (χ0n) is 11.6. The number of rotatable bonds is 2. The summed E-state index contributed by atoms with van der Waals surface area (Å²) < 4.78 is 1.31. The Hall–Kier alpha value is -1.70. The second-order valence-corrected chi connectivity index (χ2v) is 6.52. The van der Waals surface area contributed by atoms with Crippen molar-refractivity contribution in [3.63, 3.8) is 0 Å². The molecule has 0 atom stereocenters. The first-order chi connectivity index (χ1) is 10.4. The summed E-state index contributed by atoms with van der Waals surface area (Å²) in [5.74, 6) is 0.109. The van der Waals surface area contributed by atoms with Gasteiger partial charge in [-0.25, -0.2) is 19.3 Å². The Kier molecular flexibility index (Phi) is 3.80. The van der Waals surface area contributed by atoms with Crippen molar-refractivity contribution < 1.29 is 0 Å². The number of thiazole rings is 1. The van der Waals surface area contributed by atoms with E-state index >= 15 is 0 Å². The highest BCUT2D eigenvalue weighted by Crippen LogP contribution is 2.28. The third kappa shape index (κ3) is 2.35. The maximum Gasteiger partial charge on any atom is 0.335 e. The number of aromatic amines is 1. The lowest BCUT2D eigenvalue weighted by Gasteiger charge is -2.10. The summed E-state index contributed by atoms with van der Waals surface area (Å²) >= 11 is 13.1. The predicted octanol–water partition coefficient (Wildman–Crippen LogP) is 2.96. The molecule has 0 amide bonds.